The molecule has 0 N–H and O–H groups in total. The van der Waals surface area contributed by atoms with E-state index in [0.29, 0.717) is 0 Å². The highest BCUT2D eigenvalue weighted by molar-refractivity contribution is 7.87. The fourth-order valence-electron chi connectivity index (χ4n) is 2.23. The average molecular weight is 375 g/mol. The second-order valence-electron chi connectivity index (χ2n) is 5.38. The van der Waals surface area contributed by atoms with Crippen LogP contribution in [0.5, 0.6) is 0 Å². The van der Waals surface area contributed by atoms with Crippen LogP contribution in [0, 0.1) is 0 Å². The van der Waals surface area contributed by atoms with E-state index in [2.05, 4.69) is 14.2 Å². The van der Waals surface area contributed by atoms with Gasteiger partial charge in [0.05, 0.1) is 6.61 Å². The van der Waals surface area contributed by atoms with Crippen LogP contribution >= 0.6 is 0 Å². The molecule has 2 aliphatic rings. The fraction of sp³-hybridized carbons (Fsp3) is 0.900. The molecule has 0 aromatic rings. The zero-order valence-electron chi connectivity index (χ0n) is 12.3. The Morgan fingerprint density at radius 3 is 2.50 bits per heavy atom. The largest absolute Gasteiger partial charge is 0.523 e. The smallest absolute Gasteiger partial charge is 0.457 e. The highest BCUT2D eigenvalue weighted by Gasteiger charge is 2.57. The van der Waals surface area contributed by atoms with Gasteiger partial charge in [-0.3, -0.25) is 0 Å². The number of nitrogens with zero attached hydrogens (tertiary/aromatic N) is 3. The minimum Gasteiger partial charge on any atom is -0.457 e. The molecule has 0 amide bonds. The number of carbonyl (C=O) groups excluding carboxylic acids is 1. The maximum Gasteiger partial charge on any atom is 0.523 e. The highest BCUT2D eigenvalue weighted by atomic mass is 32.2. The molecule has 4 atom stereocenters. The van der Waals surface area contributed by atoms with Crippen LogP contribution in [0.15, 0.2) is 5.11 Å². The van der Waals surface area contributed by atoms with Crippen molar-refractivity contribution in [3.05, 3.63) is 10.4 Å². The highest BCUT2D eigenvalue weighted by Crippen LogP contribution is 2.35. The number of hydrogen-bond acceptors (Lipinski definition) is 8. The third-order valence-corrected chi connectivity index (χ3v) is 4.25. The van der Waals surface area contributed by atoms with Gasteiger partial charge in [-0.1, -0.05) is 5.11 Å². The molecule has 14 heteroatoms. The molecular formula is C10H12F3N3O7S. The van der Waals surface area contributed by atoms with E-state index in [1.807, 2.05) is 0 Å². The Bertz CT molecular complexity index is 674. The first-order valence-corrected chi connectivity index (χ1v) is 7.85. The number of halogens is 3. The van der Waals surface area contributed by atoms with E-state index >= 15 is 0 Å². The molecule has 1 unspecified atom stereocenters. The molecule has 136 valence electrons. The summed E-state index contributed by atoms with van der Waals surface area (Å²) >= 11 is 0. The Morgan fingerprint density at radius 1 is 1.42 bits per heavy atom. The standard InChI is InChI=1S/C10H12F3N3O7S/c1-9(2)20-3-4(22-9)6-5(15-16-14)7(8(17)21-6)23-24(18,19)10(11,12)13/h4-7H,3H2,1-2H3/t4?,5-,6-,7-/m1/s1. The van der Waals surface area contributed by atoms with E-state index < -0.39 is 51.7 Å². The molecule has 2 rings (SSSR count). The summed E-state index contributed by atoms with van der Waals surface area (Å²) in [7, 11) is -6.09. The zero-order chi connectivity index (χ0) is 18.3. The molecule has 0 aromatic heterocycles. The second kappa shape index (κ2) is 6.04. The van der Waals surface area contributed by atoms with E-state index in [4.69, 9.17) is 19.7 Å². The number of hydrogen-bond donors (Lipinski definition) is 0. The number of esters is 1. The van der Waals surface area contributed by atoms with Crippen LogP contribution in [0.25, 0.3) is 10.4 Å². The number of rotatable bonds is 4. The van der Waals surface area contributed by atoms with Gasteiger partial charge in [-0.15, -0.1) is 0 Å². The van der Waals surface area contributed by atoms with E-state index in [1.54, 1.807) is 0 Å². The van der Waals surface area contributed by atoms with Crippen LogP contribution in [0.4, 0.5) is 13.2 Å². The van der Waals surface area contributed by atoms with E-state index in [9.17, 15) is 26.4 Å². The van der Waals surface area contributed by atoms with Crippen molar-refractivity contribution < 1.29 is 44.8 Å². The van der Waals surface area contributed by atoms with Gasteiger partial charge >= 0.3 is 21.6 Å². The van der Waals surface area contributed by atoms with Crippen molar-refractivity contribution in [2.75, 3.05) is 6.61 Å². The van der Waals surface area contributed by atoms with Gasteiger partial charge in [-0.2, -0.15) is 21.6 Å². The maximum absolute atomic E-state index is 12.4. The Kier molecular flexibility index (Phi) is 4.71. The minimum absolute atomic E-state index is 0.110. The van der Waals surface area contributed by atoms with Gasteiger partial charge < -0.3 is 14.2 Å². The van der Waals surface area contributed by atoms with Gasteiger partial charge in [0, 0.05) is 4.91 Å². The Morgan fingerprint density at radius 2 is 2.04 bits per heavy atom. The van der Waals surface area contributed by atoms with Crippen molar-refractivity contribution in [1.29, 1.82) is 0 Å². The molecule has 2 aliphatic heterocycles. The molecule has 2 saturated heterocycles. The first-order valence-electron chi connectivity index (χ1n) is 6.44. The predicted molar refractivity (Wildman–Crippen MR) is 67.6 cm³/mol. The fourth-order valence-corrected chi connectivity index (χ4v) is 2.80. The first kappa shape index (κ1) is 18.7. The van der Waals surface area contributed by atoms with Crippen molar-refractivity contribution >= 4 is 16.1 Å². The van der Waals surface area contributed by atoms with Gasteiger partial charge in [0.25, 0.3) is 0 Å². The van der Waals surface area contributed by atoms with E-state index in [0.717, 1.165) is 0 Å². The molecule has 0 spiro atoms. The van der Waals surface area contributed by atoms with Crippen LogP contribution in [0.1, 0.15) is 13.8 Å². The van der Waals surface area contributed by atoms with Crippen molar-refractivity contribution in [3.8, 4) is 0 Å². The Labute approximate surface area is 133 Å². The predicted octanol–water partition coefficient (Wildman–Crippen LogP) is 0.977. The molecule has 0 aliphatic carbocycles. The SMILES string of the molecule is CC1(C)OCC([C@H]2OC(=O)[C@H](OS(=O)(=O)C(F)(F)F)[C@@H]2N=[N+]=[N-])O1. The summed E-state index contributed by atoms with van der Waals surface area (Å²) in [5.41, 5.74) is 2.80. The number of alkyl halides is 3. The molecular weight excluding hydrogens is 363 g/mol. The normalized spacial score (nSPS) is 33.1. The molecule has 0 radical (unpaired) electrons. The summed E-state index contributed by atoms with van der Waals surface area (Å²) in [6, 6.07) is -1.68. The quantitative estimate of drug-likeness (QED) is 0.178. The van der Waals surface area contributed by atoms with Crippen LogP contribution in [-0.4, -0.2) is 56.6 Å². The van der Waals surface area contributed by atoms with Crippen molar-refractivity contribution in [1.82, 2.24) is 0 Å². The second-order valence-corrected chi connectivity index (χ2v) is 6.94. The topological polar surface area (TPSA) is 137 Å². The van der Waals surface area contributed by atoms with Crippen LogP contribution < -0.4 is 0 Å². The molecule has 0 aromatic carbocycles. The third kappa shape index (κ3) is 3.57. The zero-order valence-corrected chi connectivity index (χ0v) is 13.1. The van der Waals surface area contributed by atoms with Crippen LogP contribution in [-0.2, 0) is 33.3 Å². The van der Waals surface area contributed by atoms with Crippen LogP contribution in [0.3, 0.4) is 0 Å². The van der Waals surface area contributed by atoms with Crippen molar-refractivity contribution in [2.24, 2.45) is 5.11 Å². The summed E-state index contributed by atoms with van der Waals surface area (Å²) in [4.78, 5) is 14.1. The van der Waals surface area contributed by atoms with Gasteiger partial charge in [-0.25, -0.2) is 8.98 Å². The van der Waals surface area contributed by atoms with Gasteiger partial charge in [0.2, 0.25) is 0 Å². The lowest BCUT2D eigenvalue weighted by molar-refractivity contribution is -0.163. The Hall–Kier alpha value is -1.60. The van der Waals surface area contributed by atoms with Gasteiger partial charge in [0.15, 0.2) is 11.9 Å². The molecule has 2 fully saturated rings. The van der Waals surface area contributed by atoms with Crippen molar-refractivity contribution in [2.45, 2.75) is 49.5 Å². The Balaban J connectivity index is 2.26. The van der Waals surface area contributed by atoms with Crippen LogP contribution in [0.2, 0.25) is 0 Å². The van der Waals surface area contributed by atoms with Crippen molar-refractivity contribution in [3.63, 3.8) is 0 Å². The number of carbonyl (C=O) groups is 1. The average Bonchev–Trinajstić information content (AvgIpc) is 2.91. The van der Waals surface area contributed by atoms with E-state index in [-0.39, 0.29) is 6.61 Å². The maximum atomic E-state index is 12.4. The summed E-state index contributed by atoms with van der Waals surface area (Å²) in [5, 5.41) is 3.14. The number of azide groups is 1. The molecule has 2 heterocycles. The summed E-state index contributed by atoms with van der Waals surface area (Å²) in [5.74, 6) is -2.48. The molecule has 10 nitrogen and oxygen atoms in total. The summed E-state index contributed by atoms with van der Waals surface area (Å²) in [6.45, 7) is 2.96. The summed E-state index contributed by atoms with van der Waals surface area (Å²) < 4.78 is 78.7. The molecule has 24 heavy (non-hydrogen) atoms. The van der Waals surface area contributed by atoms with Gasteiger partial charge in [0.1, 0.15) is 18.2 Å². The lowest BCUT2D eigenvalue weighted by Crippen LogP contribution is -2.42. The first-order chi connectivity index (χ1) is 10.9. The monoisotopic (exact) mass is 375 g/mol. The molecule has 0 saturated carbocycles. The lowest BCUT2D eigenvalue weighted by atomic mass is 10.0. The lowest BCUT2D eigenvalue weighted by Gasteiger charge is -2.22. The number of cyclic esters (lactones) is 1. The minimum atomic E-state index is -6.09. The summed E-state index contributed by atoms with van der Waals surface area (Å²) in [6.07, 6.45) is -4.60. The van der Waals surface area contributed by atoms with Gasteiger partial charge in [-0.05, 0) is 19.4 Å². The number of ether oxygens (including phenoxy) is 3. The third-order valence-electron chi connectivity index (χ3n) is 3.23. The van der Waals surface area contributed by atoms with E-state index in [1.165, 1.54) is 13.8 Å². The molecule has 0 bridgehead atoms.